The van der Waals surface area contributed by atoms with Gasteiger partial charge in [-0.3, -0.25) is 4.90 Å². The van der Waals surface area contributed by atoms with Crippen LogP contribution >= 0.6 is 0 Å². The van der Waals surface area contributed by atoms with E-state index in [0.29, 0.717) is 19.7 Å². The monoisotopic (exact) mass is 347 g/mol. The van der Waals surface area contributed by atoms with Gasteiger partial charge in [-0.25, -0.2) is 4.79 Å². The average Bonchev–Trinajstić information content (AvgIpc) is 2.54. The van der Waals surface area contributed by atoms with E-state index in [1.807, 2.05) is 32.9 Å². The van der Waals surface area contributed by atoms with Gasteiger partial charge in [-0.15, -0.1) is 0 Å². The molecule has 0 saturated carbocycles. The van der Waals surface area contributed by atoms with Gasteiger partial charge in [0, 0.05) is 44.3 Å². The largest absolute Gasteiger partial charge is 0.492 e. The van der Waals surface area contributed by atoms with E-state index in [9.17, 15) is 4.79 Å². The number of carbonyl (C=O) groups is 1. The molecule has 0 radical (unpaired) electrons. The van der Waals surface area contributed by atoms with Gasteiger partial charge in [0.15, 0.2) is 0 Å². The van der Waals surface area contributed by atoms with Crippen molar-refractivity contribution in [2.45, 2.75) is 45.4 Å². The van der Waals surface area contributed by atoms with Crippen molar-refractivity contribution < 1.29 is 14.3 Å². The second-order valence-electron chi connectivity index (χ2n) is 7.91. The Morgan fingerprint density at radius 3 is 2.68 bits per heavy atom. The molecule has 0 bridgehead atoms. The van der Waals surface area contributed by atoms with Crippen LogP contribution < -0.4 is 10.5 Å². The average molecular weight is 347 g/mol. The van der Waals surface area contributed by atoms with Crippen molar-refractivity contribution in [2.24, 2.45) is 5.73 Å². The van der Waals surface area contributed by atoms with Crippen LogP contribution in [0.5, 0.6) is 5.75 Å². The van der Waals surface area contributed by atoms with Gasteiger partial charge in [-0.2, -0.15) is 0 Å². The second-order valence-corrected chi connectivity index (χ2v) is 7.91. The first-order valence-electron chi connectivity index (χ1n) is 9.01. The van der Waals surface area contributed by atoms with Gasteiger partial charge in [0.2, 0.25) is 0 Å². The molecule has 2 aliphatic rings. The highest BCUT2D eigenvalue weighted by atomic mass is 16.6. The maximum atomic E-state index is 12.2. The second kappa shape index (κ2) is 7.22. The molecule has 0 unspecified atom stereocenters. The molecule has 138 valence electrons. The van der Waals surface area contributed by atoms with Gasteiger partial charge in [-0.05, 0) is 38.8 Å². The van der Waals surface area contributed by atoms with E-state index < -0.39 is 5.60 Å². The van der Waals surface area contributed by atoms with Gasteiger partial charge < -0.3 is 20.1 Å². The number of fused-ring (bicyclic) bond motifs is 1. The quantitative estimate of drug-likeness (QED) is 0.886. The van der Waals surface area contributed by atoms with Crippen molar-refractivity contribution >= 4 is 6.09 Å². The lowest BCUT2D eigenvalue weighted by molar-refractivity contribution is 0.0138. The van der Waals surface area contributed by atoms with Gasteiger partial charge in [0.1, 0.15) is 18.0 Å². The summed E-state index contributed by atoms with van der Waals surface area (Å²) < 4.78 is 11.2. The molecule has 0 aliphatic carbocycles. The van der Waals surface area contributed by atoms with Crippen LogP contribution in [0.1, 0.15) is 31.9 Å². The molecule has 2 N–H and O–H groups in total. The van der Waals surface area contributed by atoms with E-state index in [0.717, 1.165) is 31.8 Å². The third-order valence-corrected chi connectivity index (χ3v) is 4.57. The van der Waals surface area contributed by atoms with Crippen LogP contribution in [-0.4, -0.2) is 60.3 Å². The highest BCUT2D eigenvalue weighted by molar-refractivity contribution is 5.68. The topological polar surface area (TPSA) is 68.0 Å². The molecule has 2 aliphatic heterocycles. The Balaban J connectivity index is 1.57. The predicted molar refractivity (Wildman–Crippen MR) is 96.7 cm³/mol. The minimum atomic E-state index is -0.448. The van der Waals surface area contributed by atoms with Crippen molar-refractivity contribution in [1.82, 2.24) is 9.80 Å². The Labute approximate surface area is 149 Å². The van der Waals surface area contributed by atoms with Crippen LogP contribution in [0.4, 0.5) is 4.79 Å². The van der Waals surface area contributed by atoms with E-state index in [4.69, 9.17) is 15.2 Å². The van der Waals surface area contributed by atoms with Gasteiger partial charge >= 0.3 is 6.09 Å². The Kier molecular flexibility index (Phi) is 5.20. The SMILES string of the molecule is CC(C)(C)OC(=O)N1CCN(Cc2cccc3c2C[C@H](N)CO3)CC1. The third kappa shape index (κ3) is 4.64. The molecule has 1 amide bonds. The molecule has 6 nitrogen and oxygen atoms in total. The molecule has 25 heavy (non-hydrogen) atoms. The number of rotatable bonds is 2. The number of ether oxygens (including phenoxy) is 2. The van der Waals surface area contributed by atoms with E-state index in [2.05, 4.69) is 11.0 Å². The van der Waals surface area contributed by atoms with Crippen molar-refractivity contribution in [3.05, 3.63) is 29.3 Å². The number of carbonyl (C=O) groups excluding carboxylic acids is 1. The molecular formula is C19H29N3O3. The lowest BCUT2D eigenvalue weighted by atomic mass is 9.97. The molecule has 1 aromatic carbocycles. The molecule has 3 rings (SSSR count). The summed E-state index contributed by atoms with van der Waals surface area (Å²) >= 11 is 0. The van der Waals surface area contributed by atoms with E-state index >= 15 is 0 Å². The Bertz CT molecular complexity index is 619. The summed E-state index contributed by atoms with van der Waals surface area (Å²) in [6.45, 7) is 10.2. The highest BCUT2D eigenvalue weighted by Crippen LogP contribution is 2.28. The molecule has 6 heteroatoms. The summed E-state index contributed by atoms with van der Waals surface area (Å²) in [5.74, 6) is 0.964. The number of nitrogens with zero attached hydrogens (tertiary/aromatic N) is 2. The van der Waals surface area contributed by atoms with Gasteiger partial charge in [-0.1, -0.05) is 12.1 Å². The summed E-state index contributed by atoms with van der Waals surface area (Å²) in [6, 6.07) is 6.28. The molecule has 1 fully saturated rings. The van der Waals surface area contributed by atoms with E-state index in [1.165, 1.54) is 11.1 Å². The van der Waals surface area contributed by atoms with Gasteiger partial charge in [0.05, 0.1) is 0 Å². The van der Waals surface area contributed by atoms with Crippen LogP contribution in [0.2, 0.25) is 0 Å². The first-order valence-corrected chi connectivity index (χ1v) is 9.01. The molecule has 2 heterocycles. The number of amides is 1. The van der Waals surface area contributed by atoms with Crippen LogP contribution in [0, 0.1) is 0 Å². The normalized spacial score (nSPS) is 21.4. The number of nitrogens with two attached hydrogens (primary N) is 1. The summed E-state index contributed by atoms with van der Waals surface area (Å²) in [5.41, 5.74) is 8.12. The molecule has 1 aromatic rings. The van der Waals surface area contributed by atoms with Gasteiger partial charge in [0.25, 0.3) is 0 Å². The molecule has 1 atom stereocenters. The molecule has 0 spiro atoms. The minimum Gasteiger partial charge on any atom is -0.492 e. The number of hydrogen-bond donors (Lipinski definition) is 1. The van der Waals surface area contributed by atoms with Crippen molar-refractivity contribution in [2.75, 3.05) is 32.8 Å². The number of benzene rings is 1. The molecular weight excluding hydrogens is 318 g/mol. The Morgan fingerprint density at radius 2 is 2.00 bits per heavy atom. The van der Waals surface area contributed by atoms with Crippen molar-refractivity contribution in [1.29, 1.82) is 0 Å². The van der Waals surface area contributed by atoms with Crippen molar-refractivity contribution in [3.63, 3.8) is 0 Å². The predicted octanol–water partition coefficient (Wildman–Crippen LogP) is 2.00. The summed E-state index contributed by atoms with van der Waals surface area (Å²) in [7, 11) is 0. The van der Waals surface area contributed by atoms with Crippen LogP contribution in [0.25, 0.3) is 0 Å². The summed E-state index contributed by atoms with van der Waals surface area (Å²) in [4.78, 5) is 16.3. The number of hydrogen-bond acceptors (Lipinski definition) is 5. The smallest absolute Gasteiger partial charge is 0.410 e. The zero-order chi connectivity index (χ0) is 18.0. The summed E-state index contributed by atoms with van der Waals surface area (Å²) in [6.07, 6.45) is 0.646. The maximum Gasteiger partial charge on any atom is 0.410 e. The zero-order valence-corrected chi connectivity index (χ0v) is 15.5. The third-order valence-electron chi connectivity index (χ3n) is 4.57. The Morgan fingerprint density at radius 1 is 1.28 bits per heavy atom. The first-order chi connectivity index (χ1) is 11.8. The molecule has 0 aromatic heterocycles. The zero-order valence-electron chi connectivity index (χ0n) is 15.5. The Hall–Kier alpha value is -1.79. The molecule has 1 saturated heterocycles. The minimum absolute atomic E-state index is 0.0673. The lowest BCUT2D eigenvalue weighted by Crippen LogP contribution is -2.49. The highest BCUT2D eigenvalue weighted by Gasteiger charge is 2.27. The number of piperazine rings is 1. The first kappa shape index (κ1) is 18.0. The fourth-order valence-electron chi connectivity index (χ4n) is 3.30. The van der Waals surface area contributed by atoms with Crippen LogP contribution in [0.3, 0.4) is 0 Å². The summed E-state index contributed by atoms with van der Waals surface area (Å²) in [5, 5.41) is 0. The standard InChI is InChI=1S/C19H29N3O3/c1-19(2,3)25-18(23)22-9-7-21(8-10-22)12-14-5-4-6-17-16(14)11-15(20)13-24-17/h4-6,15H,7-13,20H2,1-3H3/t15-/m0/s1. The van der Waals surface area contributed by atoms with Crippen LogP contribution in [-0.2, 0) is 17.7 Å². The van der Waals surface area contributed by atoms with E-state index in [1.54, 1.807) is 4.90 Å². The fourth-order valence-corrected chi connectivity index (χ4v) is 3.30. The van der Waals surface area contributed by atoms with Crippen LogP contribution in [0.15, 0.2) is 18.2 Å². The van der Waals surface area contributed by atoms with Crippen molar-refractivity contribution in [3.8, 4) is 5.75 Å². The maximum absolute atomic E-state index is 12.2. The van der Waals surface area contributed by atoms with E-state index in [-0.39, 0.29) is 12.1 Å². The fraction of sp³-hybridized carbons (Fsp3) is 0.632. The lowest BCUT2D eigenvalue weighted by Gasteiger charge is -2.36.